The van der Waals surface area contributed by atoms with Crippen molar-refractivity contribution in [1.82, 2.24) is 20.0 Å². The van der Waals surface area contributed by atoms with Gasteiger partial charge in [0, 0.05) is 25.8 Å². The van der Waals surface area contributed by atoms with Crippen LogP contribution in [0.4, 0.5) is 5.82 Å². The maximum Gasteiger partial charge on any atom is 0.259 e. The number of carbonyl (C=O) groups excluding carboxylic acids is 2. The van der Waals surface area contributed by atoms with E-state index in [1.54, 1.807) is 18.9 Å². The summed E-state index contributed by atoms with van der Waals surface area (Å²) in [5.74, 6) is -0.132. The van der Waals surface area contributed by atoms with Crippen molar-refractivity contribution < 1.29 is 9.59 Å². The molecule has 0 atom stereocenters. The highest BCUT2D eigenvalue weighted by atomic mass is 16.2. The first-order valence-corrected chi connectivity index (χ1v) is 6.34. The number of carbonyl (C=O) groups is 2. The molecule has 0 spiro atoms. The Labute approximate surface area is 111 Å². The second kappa shape index (κ2) is 5.29. The number of aromatic nitrogens is 2. The van der Waals surface area contributed by atoms with Gasteiger partial charge in [0.05, 0.1) is 6.54 Å². The van der Waals surface area contributed by atoms with E-state index >= 15 is 0 Å². The summed E-state index contributed by atoms with van der Waals surface area (Å²) < 4.78 is 0. The highest BCUT2D eigenvalue weighted by Crippen LogP contribution is 2.15. The fourth-order valence-electron chi connectivity index (χ4n) is 2.25. The zero-order valence-corrected chi connectivity index (χ0v) is 11.3. The largest absolute Gasteiger partial charge is 0.382 e. The minimum atomic E-state index is -0.281. The molecular formula is C12H19N5O2. The summed E-state index contributed by atoms with van der Waals surface area (Å²) in [5.41, 5.74) is 6.61. The van der Waals surface area contributed by atoms with E-state index in [-0.39, 0.29) is 24.2 Å². The van der Waals surface area contributed by atoms with Crippen molar-refractivity contribution in [3.63, 3.8) is 0 Å². The van der Waals surface area contributed by atoms with Crippen LogP contribution >= 0.6 is 0 Å². The third-order valence-corrected chi connectivity index (χ3v) is 3.37. The van der Waals surface area contributed by atoms with Crippen LogP contribution in [0.5, 0.6) is 0 Å². The first-order chi connectivity index (χ1) is 9.00. The number of amides is 2. The van der Waals surface area contributed by atoms with Crippen LogP contribution in [0.25, 0.3) is 0 Å². The van der Waals surface area contributed by atoms with Crippen LogP contribution in [-0.2, 0) is 4.79 Å². The van der Waals surface area contributed by atoms with Gasteiger partial charge in [-0.1, -0.05) is 0 Å². The predicted molar refractivity (Wildman–Crippen MR) is 70.5 cm³/mol. The van der Waals surface area contributed by atoms with E-state index in [1.807, 2.05) is 0 Å². The Bertz CT molecular complexity index is 471. The number of nitrogens with two attached hydrogens (primary N) is 1. The summed E-state index contributed by atoms with van der Waals surface area (Å²) in [4.78, 5) is 27.4. The van der Waals surface area contributed by atoms with Crippen molar-refractivity contribution in [3.05, 3.63) is 11.3 Å². The van der Waals surface area contributed by atoms with Gasteiger partial charge in [0.15, 0.2) is 5.82 Å². The zero-order valence-electron chi connectivity index (χ0n) is 11.3. The van der Waals surface area contributed by atoms with Gasteiger partial charge in [-0.25, -0.2) is 0 Å². The lowest BCUT2D eigenvalue weighted by molar-refractivity contribution is -0.130. The molecule has 7 nitrogen and oxygen atoms in total. The number of hydrogen-bond acceptors (Lipinski definition) is 4. The Hall–Kier alpha value is -2.05. The lowest BCUT2D eigenvalue weighted by atomic mass is 10.2. The third kappa shape index (κ3) is 2.69. The second-order valence-electron chi connectivity index (χ2n) is 4.86. The SMILES string of the molecule is Cc1[nH]nc(N)c1C(=O)N(C)CC(=O)N1CCCC1. The van der Waals surface area contributed by atoms with Gasteiger partial charge in [0.25, 0.3) is 5.91 Å². The average Bonchev–Trinajstić information content (AvgIpc) is 2.99. The zero-order chi connectivity index (χ0) is 14.0. The van der Waals surface area contributed by atoms with E-state index in [4.69, 9.17) is 5.73 Å². The Balaban J connectivity index is 2.01. The molecule has 1 aromatic heterocycles. The molecule has 7 heteroatoms. The van der Waals surface area contributed by atoms with E-state index in [1.165, 1.54) is 4.90 Å². The fraction of sp³-hybridized carbons (Fsp3) is 0.583. The molecule has 0 aliphatic carbocycles. The van der Waals surface area contributed by atoms with Gasteiger partial charge in [-0.2, -0.15) is 5.10 Å². The van der Waals surface area contributed by atoms with E-state index in [0.29, 0.717) is 11.3 Å². The number of aromatic amines is 1. The van der Waals surface area contributed by atoms with Crippen molar-refractivity contribution in [1.29, 1.82) is 0 Å². The van der Waals surface area contributed by atoms with Crippen molar-refractivity contribution in [2.75, 3.05) is 32.4 Å². The molecule has 1 aromatic rings. The van der Waals surface area contributed by atoms with E-state index in [2.05, 4.69) is 10.2 Å². The summed E-state index contributed by atoms with van der Waals surface area (Å²) in [7, 11) is 1.60. The summed E-state index contributed by atoms with van der Waals surface area (Å²) >= 11 is 0. The lowest BCUT2D eigenvalue weighted by Gasteiger charge is -2.21. The summed E-state index contributed by atoms with van der Waals surface area (Å²) in [6, 6.07) is 0. The van der Waals surface area contributed by atoms with Crippen LogP contribution in [0.15, 0.2) is 0 Å². The molecule has 1 fully saturated rings. The molecule has 1 aliphatic rings. The van der Waals surface area contributed by atoms with Gasteiger partial charge in [-0.05, 0) is 19.8 Å². The molecule has 2 amide bonds. The van der Waals surface area contributed by atoms with E-state index in [0.717, 1.165) is 25.9 Å². The van der Waals surface area contributed by atoms with Gasteiger partial charge in [0.1, 0.15) is 5.56 Å². The van der Waals surface area contributed by atoms with Crippen LogP contribution in [0.2, 0.25) is 0 Å². The topological polar surface area (TPSA) is 95.3 Å². The fourth-order valence-corrected chi connectivity index (χ4v) is 2.25. The predicted octanol–water partition coefficient (Wildman–Crippen LogP) is -0.00528. The minimum absolute atomic E-state index is 0.0203. The molecule has 0 bridgehead atoms. The summed E-state index contributed by atoms with van der Waals surface area (Å²) in [5, 5.41) is 6.45. The molecule has 2 heterocycles. The number of hydrogen-bond donors (Lipinski definition) is 2. The van der Waals surface area contributed by atoms with Crippen molar-refractivity contribution in [2.24, 2.45) is 0 Å². The van der Waals surface area contributed by atoms with Crippen molar-refractivity contribution in [2.45, 2.75) is 19.8 Å². The van der Waals surface area contributed by atoms with Gasteiger partial charge >= 0.3 is 0 Å². The van der Waals surface area contributed by atoms with Gasteiger partial charge < -0.3 is 15.5 Å². The number of nitrogens with one attached hydrogen (secondary N) is 1. The number of H-pyrrole nitrogens is 1. The van der Waals surface area contributed by atoms with Crippen LogP contribution in [0, 0.1) is 6.92 Å². The van der Waals surface area contributed by atoms with E-state index in [9.17, 15) is 9.59 Å². The standard InChI is InChI=1S/C12H19N5O2/c1-8-10(11(13)15-14-8)12(19)16(2)7-9(18)17-5-3-4-6-17/h3-7H2,1-2H3,(H3,13,14,15). The number of likely N-dealkylation sites (tertiary alicyclic amines) is 1. The minimum Gasteiger partial charge on any atom is -0.382 e. The molecule has 3 N–H and O–H groups in total. The smallest absolute Gasteiger partial charge is 0.259 e. The Morgan fingerprint density at radius 2 is 2.05 bits per heavy atom. The van der Waals surface area contributed by atoms with Crippen LogP contribution in [-0.4, -0.2) is 58.5 Å². The average molecular weight is 265 g/mol. The van der Waals surface area contributed by atoms with Crippen LogP contribution in [0.3, 0.4) is 0 Å². The normalized spacial score (nSPS) is 14.7. The number of nitrogens with zero attached hydrogens (tertiary/aromatic N) is 3. The van der Waals surface area contributed by atoms with Crippen LogP contribution in [0.1, 0.15) is 28.9 Å². The maximum absolute atomic E-state index is 12.2. The molecule has 0 saturated carbocycles. The monoisotopic (exact) mass is 265 g/mol. The lowest BCUT2D eigenvalue weighted by Crippen LogP contribution is -2.40. The van der Waals surface area contributed by atoms with Gasteiger partial charge in [-0.3, -0.25) is 14.7 Å². The number of rotatable bonds is 3. The van der Waals surface area contributed by atoms with Crippen LogP contribution < -0.4 is 5.73 Å². The summed E-state index contributed by atoms with van der Waals surface area (Å²) in [6.07, 6.45) is 2.08. The molecule has 0 radical (unpaired) electrons. The molecular weight excluding hydrogens is 246 g/mol. The molecule has 1 aliphatic heterocycles. The number of likely N-dealkylation sites (N-methyl/N-ethyl adjacent to an activating group) is 1. The number of aryl methyl sites for hydroxylation is 1. The number of anilines is 1. The Morgan fingerprint density at radius 1 is 1.42 bits per heavy atom. The maximum atomic E-state index is 12.2. The number of nitrogen functional groups attached to an aromatic ring is 1. The molecule has 104 valence electrons. The van der Waals surface area contributed by atoms with Gasteiger partial charge in [-0.15, -0.1) is 0 Å². The molecule has 19 heavy (non-hydrogen) atoms. The summed E-state index contributed by atoms with van der Waals surface area (Å²) in [6.45, 7) is 3.37. The highest BCUT2D eigenvalue weighted by Gasteiger charge is 2.24. The van der Waals surface area contributed by atoms with Gasteiger partial charge in [0.2, 0.25) is 5.91 Å². The van der Waals surface area contributed by atoms with E-state index < -0.39 is 0 Å². The Morgan fingerprint density at radius 3 is 2.58 bits per heavy atom. The molecule has 0 unspecified atom stereocenters. The molecule has 1 saturated heterocycles. The Kier molecular flexibility index (Phi) is 3.73. The third-order valence-electron chi connectivity index (χ3n) is 3.37. The van der Waals surface area contributed by atoms with Crippen molar-refractivity contribution >= 4 is 17.6 Å². The second-order valence-corrected chi connectivity index (χ2v) is 4.86. The highest BCUT2D eigenvalue weighted by molar-refractivity contribution is 6.00. The first kappa shape index (κ1) is 13.4. The quantitative estimate of drug-likeness (QED) is 0.803. The molecule has 2 rings (SSSR count). The molecule has 0 aromatic carbocycles. The van der Waals surface area contributed by atoms with Crippen molar-refractivity contribution in [3.8, 4) is 0 Å². The first-order valence-electron chi connectivity index (χ1n) is 6.34.